The Bertz CT molecular complexity index is 1370. The highest BCUT2D eigenvalue weighted by molar-refractivity contribution is 7.87. The largest absolute Gasteiger partial charge is 0.416 e. The number of hydrogen-bond acceptors (Lipinski definition) is 5. The third-order valence-electron chi connectivity index (χ3n) is 4.95. The van der Waals surface area contributed by atoms with E-state index in [9.17, 15) is 35.2 Å². The number of benzene rings is 3. The van der Waals surface area contributed by atoms with Crippen molar-refractivity contribution in [2.75, 3.05) is 25.6 Å². The molecule has 3 aromatic carbocycles. The molecule has 0 aliphatic heterocycles. The van der Waals surface area contributed by atoms with E-state index in [-0.39, 0.29) is 31.1 Å². The van der Waals surface area contributed by atoms with Crippen LogP contribution in [-0.4, -0.2) is 39.6 Å². The van der Waals surface area contributed by atoms with Crippen molar-refractivity contribution in [1.29, 1.82) is 0 Å². The molecule has 37 heavy (non-hydrogen) atoms. The molecule has 0 radical (unpaired) electrons. The van der Waals surface area contributed by atoms with E-state index >= 15 is 0 Å². The van der Waals surface area contributed by atoms with Crippen LogP contribution in [0.5, 0.6) is 5.75 Å². The molecule has 0 saturated carbocycles. The molecule has 0 aliphatic carbocycles. The van der Waals surface area contributed by atoms with Crippen LogP contribution in [0.4, 0.5) is 32.4 Å². The number of amides is 2. The second-order valence-electron chi connectivity index (χ2n) is 7.68. The number of alkyl halides is 3. The SMILES string of the molecule is COCCN(Cc1cccc(OS(=O)(=O)c2cccc(C(F)(F)F)c2)c1)C(=O)Nc1ccc(F)cc1F. The number of halogens is 5. The van der Waals surface area contributed by atoms with Gasteiger partial charge in [0.2, 0.25) is 0 Å². The monoisotopic (exact) mass is 544 g/mol. The molecule has 2 amide bonds. The Kier molecular flexibility index (Phi) is 8.71. The van der Waals surface area contributed by atoms with Gasteiger partial charge in [0.1, 0.15) is 22.3 Å². The van der Waals surface area contributed by atoms with Crippen molar-refractivity contribution in [2.45, 2.75) is 17.6 Å². The summed E-state index contributed by atoms with van der Waals surface area (Å²) < 4.78 is 101. The topological polar surface area (TPSA) is 84.9 Å². The van der Waals surface area contributed by atoms with Crippen LogP contribution in [0.1, 0.15) is 11.1 Å². The smallest absolute Gasteiger partial charge is 0.383 e. The number of carbonyl (C=O) groups excluding carboxylic acids is 1. The summed E-state index contributed by atoms with van der Waals surface area (Å²) in [6.45, 7) is 0.0665. The molecule has 0 saturated heterocycles. The molecular formula is C24H21F5N2O5S. The van der Waals surface area contributed by atoms with Gasteiger partial charge in [-0.05, 0) is 48.0 Å². The maximum Gasteiger partial charge on any atom is 0.416 e. The van der Waals surface area contributed by atoms with Crippen LogP contribution in [0.2, 0.25) is 0 Å². The van der Waals surface area contributed by atoms with Crippen LogP contribution in [-0.2, 0) is 27.6 Å². The zero-order valence-electron chi connectivity index (χ0n) is 19.3. The molecule has 7 nitrogen and oxygen atoms in total. The number of ether oxygens (including phenoxy) is 1. The summed E-state index contributed by atoms with van der Waals surface area (Å²) in [5.41, 5.74) is -1.01. The molecule has 198 valence electrons. The maximum absolute atomic E-state index is 14.0. The van der Waals surface area contributed by atoms with Gasteiger partial charge in [-0.15, -0.1) is 0 Å². The minimum absolute atomic E-state index is 0.0543. The molecule has 1 N–H and O–H groups in total. The fourth-order valence-corrected chi connectivity index (χ4v) is 4.13. The van der Waals surface area contributed by atoms with Gasteiger partial charge in [0.05, 0.1) is 17.9 Å². The lowest BCUT2D eigenvalue weighted by atomic mass is 10.2. The first-order valence-corrected chi connectivity index (χ1v) is 12.0. The Hall–Kier alpha value is -3.71. The molecular weight excluding hydrogens is 523 g/mol. The molecule has 0 heterocycles. The number of rotatable bonds is 9. The van der Waals surface area contributed by atoms with Crippen molar-refractivity contribution in [1.82, 2.24) is 4.90 Å². The van der Waals surface area contributed by atoms with Crippen molar-refractivity contribution >= 4 is 21.8 Å². The quantitative estimate of drug-likeness (QED) is 0.287. The van der Waals surface area contributed by atoms with Gasteiger partial charge in [0.15, 0.2) is 0 Å². The Balaban J connectivity index is 1.78. The van der Waals surface area contributed by atoms with Gasteiger partial charge in [-0.2, -0.15) is 21.6 Å². The summed E-state index contributed by atoms with van der Waals surface area (Å²) >= 11 is 0. The third kappa shape index (κ3) is 7.64. The zero-order chi connectivity index (χ0) is 27.2. The summed E-state index contributed by atoms with van der Waals surface area (Å²) in [6.07, 6.45) is -4.74. The highest BCUT2D eigenvalue weighted by Crippen LogP contribution is 2.31. The molecule has 3 aromatic rings. The molecule has 0 unspecified atom stereocenters. The predicted molar refractivity (Wildman–Crippen MR) is 123 cm³/mol. The number of hydrogen-bond donors (Lipinski definition) is 1. The van der Waals surface area contributed by atoms with Crippen LogP contribution in [0.15, 0.2) is 71.6 Å². The van der Waals surface area contributed by atoms with E-state index in [1.807, 2.05) is 0 Å². The van der Waals surface area contributed by atoms with Gasteiger partial charge in [-0.1, -0.05) is 18.2 Å². The van der Waals surface area contributed by atoms with E-state index in [1.165, 1.54) is 30.2 Å². The standard InChI is InChI=1S/C24H21F5N2O5S/c1-35-11-10-31(23(32)30-22-9-8-18(25)14-21(22)26)15-16-4-2-6-19(12-16)36-37(33,34)20-7-3-5-17(13-20)24(27,28)29/h2-9,12-14H,10-11,15H2,1H3,(H,30,32). The second kappa shape index (κ2) is 11.6. The maximum atomic E-state index is 14.0. The summed E-state index contributed by atoms with van der Waals surface area (Å²) in [6, 6.07) is 10.6. The van der Waals surface area contributed by atoms with Gasteiger partial charge >= 0.3 is 22.3 Å². The molecule has 0 spiro atoms. The fraction of sp³-hybridized carbons (Fsp3) is 0.208. The lowest BCUT2D eigenvalue weighted by Crippen LogP contribution is -2.37. The van der Waals surface area contributed by atoms with Crippen molar-refractivity contribution < 1.29 is 44.1 Å². The molecule has 0 fully saturated rings. The molecule has 0 bridgehead atoms. The first-order chi connectivity index (χ1) is 17.4. The molecule has 3 rings (SSSR count). The summed E-state index contributed by atoms with van der Waals surface area (Å²) in [7, 11) is -3.20. The fourth-order valence-electron chi connectivity index (χ4n) is 3.16. The van der Waals surface area contributed by atoms with Crippen LogP contribution in [0, 0.1) is 11.6 Å². The van der Waals surface area contributed by atoms with Gasteiger partial charge in [0, 0.05) is 26.3 Å². The van der Waals surface area contributed by atoms with Crippen molar-refractivity contribution in [2.24, 2.45) is 0 Å². The van der Waals surface area contributed by atoms with Crippen molar-refractivity contribution in [3.63, 3.8) is 0 Å². The number of carbonyl (C=O) groups is 1. The van der Waals surface area contributed by atoms with E-state index in [2.05, 4.69) is 5.32 Å². The van der Waals surface area contributed by atoms with Crippen molar-refractivity contribution in [3.8, 4) is 5.75 Å². The van der Waals surface area contributed by atoms with Gasteiger partial charge < -0.3 is 19.1 Å². The number of urea groups is 1. The third-order valence-corrected chi connectivity index (χ3v) is 6.20. The Morgan fingerprint density at radius 3 is 2.41 bits per heavy atom. The lowest BCUT2D eigenvalue weighted by Gasteiger charge is -2.23. The van der Waals surface area contributed by atoms with Crippen LogP contribution >= 0.6 is 0 Å². The Morgan fingerprint density at radius 1 is 1.00 bits per heavy atom. The average Bonchev–Trinajstić information content (AvgIpc) is 2.83. The molecule has 0 atom stereocenters. The van der Waals surface area contributed by atoms with E-state index in [4.69, 9.17) is 8.92 Å². The van der Waals surface area contributed by atoms with Crippen LogP contribution in [0.25, 0.3) is 0 Å². The highest BCUT2D eigenvalue weighted by Gasteiger charge is 2.32. The van der Waals surface area contributed by atoms with Crippen LogP contribution in [0.3, 0.4) is 0 Å². The zero-order valence-corrected chi connectivity index (χ0v) is 20.1. The average molecular weight is 544 g/mol. The summed E-state index contributed by atoms with van der Waals surface area (Å²) in [5.74, 6) is -1.99. The van der Waals surface area contributed by atoms with Gasteiger partial charge in [-0.3, -0.25) is 0 Å². The lowest BCUT2D eigenvalue weighted by molar-refractivity contribution is -0.137. The van der Waals surface area contributed by atoms with Crippen LogP contribution < -0.4 is 9.50 Å². The molecule has 0 aliphatic rings. The Labute approximate surface area is 209 Å². The van der Waals surface area contributed by atoms with E-state index in [0.717, 1.165) is 30.3 Å². The first-order valence-electron chi connectivity index (χ1n) is 10.6. The van der Waals surface area contributed by atoms with E-state index < -0.39 is 44.4 Å². The van der Waals surface area contributed by atoms with E-state index in [0.29, 0.717) is 17.7 Å². The minimum Gasteiger partial charge on any atom is -0.383 e. The number of nitrogens with one attached hydrogen (secondary N) is 1. The summed E-state index contributed by atoms with van der Waals surface area (Å²) in [5, 5.41) is 2.33. The van der Waals surface area contributed by atoms with E-state index in [1.54, 1.807) is 6.07 Å². The highest BCUT2D eigenvalue weighted by atomic mass is 32.2. The predicted octanol–water partition coefficient (Wildman–Crippen LogP) is 5.43. The number of methoxy groups -OCH3 is 1. The minimum atomic E-state index is -4.74. The first kappa shape index (κ1) is 27.9. The van der Waals surface area contributed by atoms with Crippen molar-refractivity contribution in [3.05, 3.63) is 89.5 Å². The summed E-state index contributed by atoms with van der Waals surface area (Å²) in [4.78, 5) is 13.3. The second-order valence-corrected chi connectivity index (χ2v) is 9.23. The number of anilines is 1. The van der Waals surface area contributed by atoms with Gasteiger partial charge in [-0.25, -0.2) is 13.6 Å². The normalized spacial score (nSPS) is 11.7. The van der Waals surface area contributed by atoms with Gasteiger partial charge in [0.25, 0.3) is 0 Å². The Morgan fingerprint density at radius 2 is 1.73 bits per heavy atom. The molecule has 0 aromatic heterocycles. The molecule has 13 heteroatoms. The number of nitrogens with zero attached hydrogens (tertiary/aromatic N) is 1.